The fraction of sp³-hybridized carbons (Fsp3) is 0.200. The Hall–Kier alpha value is -3.36. The molecule has 0 aliphatic carbocycles. The Labute approximate surface area is 160 Å². The van der Waals surface area contributed by atoms with Gasteiger partial charge >= 0.3 is 0 Å². The molecule has 0 unspecified atom stereocenters. The molecular formula is C20H17N5O3. The van der Waals surface area contributed by atoms with Gasteiger partial charge in [-0.2, -0.15) is 10.1 Å². The zero-order valence-corrected chi connectivity index (χ0v) is 15.1. The third-order valence-electron chi connectivity index (χ3n) is 4.60. The Balaban J connectivity index is 1.41. The maximum absolute atomic E-state index is 5.51. The molecule has 4 aromatic rings. The van der Waals surface area contributed by atoms with Crippen LogP contribution in [0.2, 0.25) is 0 Å². The molecule has 1 fully saturated rings. The van der Waals surface area contributed by atoms with Gasteiger partial charge in [0.1, 0.15) is 0 Å². The first-order valence-electron chi connectivity index (χ1n) is 8.93. The second-order valence-electron chi connectivity index (χ2n) is 6.36. The minimum Gasteiger partial charge on any atom is -0.346 e. The molecule has 1 aromatic carbocycles. The fourth-order valence-corrected chi connectivity index (χ4v) is 3.12. The van der Waals surface area contributed by atoms with E-state index in [0.717, 1.165) is 28.2 Å². The summed E-state index contributed by atoms with van der Waals surface area (Å²) in [5.74, 6) is 1.67. The third kappa shape index (κ3) is 2.98. The topological polar surface area (TPSA) is 88.1 Å². The summed E-state index contributed by atoms with van der Waals surface area (Å²) in [6.45, 7) is 3.18. The van der Waals surface area contributed by atoms with Crippen LogP contribution in [0.5, 0.6) is 0 Å². The zero-order chi connectivity index (χ0) is 18.9. The van der Waals surface area contributed by atoms with E-state index in [1.54, 1.807) is 17.1 Å². The molecular weight excluding hydrogens is 358 g/mol. The molecule has 0 N–H and O–H groups in total. The second-order valence-corrected chi connectivity index (χ2v) is 6.36. The van der Waals surface area contributed by atoms with E-state index in [9.17, 15) is 0 Å². The molecule has 1 saturated heterocycles. The first-order chi connectivity index (χ1) is 13.8. The molecule has 0 radical (unpaired) electrons. The van der Waals surface area contributed by atoms with Crippen molar-refractivity contribution in [1.29, 1.82) is 0 Å². The smallest absolute Gasteiger partial charge is 0.261 e. The summed E-state index contributed by atoms with van der Waals surface area (Å²) in [6, 6.07) is 13.4. The van der Waals surface area contributed by atoms with Gasteiger partial charge in [0.25, 0.3) is 5.89 Å². The summed E-state index contributed by atoms with van der Waals surface area (Å²) in [7, 11) is 0. The summed E-state index contributed by atoms with van der Waals surface area (Å²) in [5, 5.41) is 8.51. The predicted molar refractivity (Wildman–Crippen MR) is 99.5 cm³/mol. The largest absolute Gasteiger partial charge is 0.346 e. The SMILES string of the molecule is Cc1c(-c2nc(-c3ccc(C4OCCO4)cc3)no2)cnn1-c1ccccn1. The number of pyridine rings is 1. The monoisotopic (exact) mass is 375 g/mol. The lowest BCUT2D eigenvalue weighted by molar-refractivity contribution is -0.0441. The zero-order valence-electron chi connectivity index (χ0n) is 15.1. The summed E-state index contributed by atoms with van der Waals surface area (Å²) >= 11 is 0. The van der Waals surface area contributed by atoms with Gasteiger partial charge in [0.15, 0.2) is 12.1 Å². The first-order valence-corrected chi connectivity index (χ1v) is 8.93. The maximum atomic E-state index is 5.51. The van der Waals surface area contributed by atoms with Gasteiger partial charge in [0.05, 0.1) is 30.7 Å². The highest BCUT2D eigenvalue weighted by Gasteiger charge is 2.20. The number of benzene rings is 1. The van der Waals surface area contributed by atoms with Crippen molar-refractivity contribution in [2.45, 2.75) is 13.2 Å². The van der Waals surface area contributed by atoms with Gasteiger partial charge in [-0.3, -0.25) is 0 Å². The third-order valence-corrected chi connectivity index (χ3v) is 4.60. The Bertz CT molecular complexity index is 1080. The normalized spacial score (nSPS) is 14.6. The molecule has 0 amide bonds. The molecule has 1 aliphatic rings. The van der Waals surface area contributed by atoms with E-state index in [4.69, 9.17) is 14.0 Å². The molecule has 0 bridgehead atoms. The summed E-state index contributed by atoms with van der Waals surface area (Å²) in [4.78, 5) is 8.86. The van der Waals surface area contributed by atoms with Crippen molar-refractivity contribution < 1.29 is 14.0 Å². The van der Waals surface area contributed by atoms with Gasteiger partial charge in [-0.15, -0.1) is 0 Å². The molecule has 4 heterocycles. The van der Waals surface area contributed by atoms with E-state index >= 15 is 0 Å². The van der Waals surface area contributed by atoms with Crippen molar-refractivity contribution in [3.63, 3.8) is 0 Å². The molecule has 0 spiro atoms. The van der Waals surface area contributed by atoms with Crippen molar-refractivity contribution in [1.82, 2.24) is 24.9 Å². The van der Waals surface area contributed by atoms with Crippen molar-refractivity contribution >= 4 is 0 Å². The number of ether oxygens (including phenoxy) is 2. The van der Waals surface area contributed by atoms with E-state index in [1.807, 2.05) is 49.4 Å². The Kier molecular flexibility index (Phi) is 4.19. The lowest BCUT2D eigenvalue weighted by atomic mass is 10.1. The highest BCUT2D eigenvalue weighted by Crippen LogP contribution is 2.28. The van der Waals surface area contributed by atoms with Crippen LogP contribution in [0.1, 0.15) is 17.5 Å². The first kappa shape index (κ1) is 16.8. The van der Waals surface area contributed by atoms with Gasteiger partial charge < -0.3 is 14.0 Å². The number of aromatic nitrogens is 5. The molecule has 8 heteroatoms. The van der Waals surface area contributed by atoms with E-state index in [-0.39, 0.29) is 6.29 Å². The van der Waals surface area contributed by atoms with Gasteiger partial charge in [0, 0.05) is 17.3 Å². The minimum atomic E-state index is -0.296. The molecule has 28 heavy (non-hydrogen) atoms. The van der Waals surface area contributed by atoms with Crippen LogP contribution in [0.15, 0.2) is 59.4 Å². The van der Waals surface area contributed by atoms with Crippen LogP contribution < -0.4 is 0 Å². The quantitative estimate of drug-likeness (QED) is 0.540. The van der Waals surface area contributed by atoms with Gasteiger partial charge in [-0.05, 0) is 19.1 Å². The van der Waals surface area contributed by atoms with Gasteiger partial charge in [-0.25, -0.2) is 9.67 Å². The predicted octanol–water partition coefficient (Wildman–Crippen LogP) is 3.34. The van der Waals surface area contributed by atoms with Crippen molar-refractivity contribution in [2.75, 3.05) is 13.2 Å². The van der Waals surface area contributed by atoms with Crippen LogP contribution in [0, 0.1) is 6.92 Å². The minimum absolute atomic E-state index is 0.296. The Morgan fingerprint density at radius 2 is 1.86 bits per heavy atom. The highest BCUT2D eigenvalue weighted by molar-refractivity contribution is 5.61. The second kappa shape index (κ2) is 6.99. The number of rotatable bonds is 4. The van der Waals surface area contributed by atoms with Gasteiger partial charge in [0.2, 0.25) is 5.82 Å². The van der Waals surface area contributed by atoms with Crippen LogP contribution in [-0.4, -0.2) is 38.1 Å². The van der Waals surface area contributed by atoms with Crippen LogP contribution >= 0.6 is 0 Å². The van der Waals surface area contributed by atoms with E-state index in [1.165, 1.54) is 0 Å². The molecule has 0 atom stereocenters. The fourth-order valence-electron chi connectivity index (χ4n) is 3.12. The average Bonchev–Trinajstić information content (AvgIpc) is 3.50. The van der Waals surface area contributed by atoms with Crippen LogP contribution in [-0.2, 0) is 9.47 Å². The van der Waals surface area contributed by atoms with E-state index < -0.39 is 0 Å². The maximum Gasteiger partial charge on any atom is 0.261 e. The standard InChI is InChI=1S/C20H17N5O3/c1-13-16(12-22-25(13)17-4-2-3-9-21-17)19-23-18(24-28-19)14-5-7-15(8-6-14)20-26-10-11-27-20/h2-9,12,20H,10-11H2,1H3. The number of nitrogens with zero attached hydrogens (tertiary/aromatic N) is 5. The summed E-state index contributed by atoms with van der Waals surface area (Å²) in [6.07, 6.45) is 3.14. The lowest BCUT2D eigenvalue weighted by Gasteiger charge is -2.08. The number of hydrogen-bond donors (Lipinski definition) is 0. The lowest BCUT2D eigenvalue weighted by Crippen LogP contribution is -2.00. The van der Waals surface area contributed by atoms with Crippen molar-refractivity contribution in [3.8, 4) is 28.7 Å². The molecule has 0 saturated carbocycles. The average molecular weight is 375 g/mol. The van der Waals surface area contributed by atoms with E-state index in [0.29, 0.717) is 24.9 Å². The molecule has 8 nitrogen and oxygen atoms in total. The Morgan fingerprint density at radius 1 is 1.04 bits per heavy atom. The van der Waals surface area contributed by atoms with E-state index in [2.05, 4.69) is 20.2 Å². The van der Waals surface area contributed by atoms with Gasteiger partial charge in [-0.1, -0.05) is 35.5 Å². The van der Waals surface area contributed by atoms with Crippen LogP contribution in [0.25, 0.3) is 28.7 Å². The highest BCUT2D eigenvalue weighted by atomic mass is 16.7. The molecule has 1 aliphatic heterocycles. The van der Waals surface area contributed by atoms with Crippen LogP contribution in [0.4, 0.5) is 0 Å². The van der Waals surface area contributed by atoms with Crippen LogP contribution in [0.3, 0.4) is 0 Å². The Morgan fingerprint density at radius 3 is 2.61 bits per heavy atom. The summed E-state index contributed by atoms with van der Waals surface area (Å²) in [5.41, 5.74) is 3.47. The van der Waals surface area contributed by atoms with Crippen molar-refractivity contribution in [2.24, 2.45) is 0 Å². The molecule has 3 aromatic heterocycles. The number of hydrogen-bond acceptors (Lipinski definition) is 7. The molecule has 5 rings (SSSR count). The van der Waals surface area contributed by atoms with Crippen molar-refractivity contribution in [3.05, 3.63) is 66.1 Å². The summed E-state index contributed by atoms with van der Waals surface area (Å²) < 4.78 is 18.3. The molecule has 140 valence electrons.